The predicted molar refractivity (Wildman–Crippen MR) is 94.6 cm³/mol. The predicted octanol–water partition coefficient (Wildman–Crippen LogP) is 1.70. The molecular formula is C16H17N5O4S. The Morgan fingerprint density at radius 1 is 1.04 bits per heavy atom. The van der Waals surface area contributed by atoms with E-state index in [4.69, 9.17) is 9.47 Å². The van der Waals surface area contributed by atoms with Gasteiger partial charge in [-0.1, -0.05) is 0 Å². The number of ether oxygens (including phenoxy) is 2. The molecule has 0 atom stereocenters. The number of hydrogen-bond donors (Lipinski definition) is 1. The van der Waals surface area contributed by atoms with Gasteiger partial charge in [0.1, 0.15) is 16.4 Å². The van der Waals surface area contributed by atoms with Gasteiger partial charge in [-0.3, -0.25) is 4.72 Å². The Morgan fingerprint density at radius 3 is 2.35 bits per heavy atom. The molecule has 9 nitrogen and oxygen atoms in total. The van der Waals surface area contributed by atoms with Crippen LogP contribution in [0.25, 0.3) is 11.4 Å². The van der Waals surface area contributed by atoms with Gasteiger partial charge in [0.05, 0.1) is 14.2 Å². The largest absolute Gasteiger partial charge is 0.497 e. The molecule has 0 unspecified atom stereocenters. The molecule has 2 aromatic carbocycles. The van der Waals surface area contributed by atoms with Gasteiger partial charge in [-0.05, 0) is 46.8 Å². The molecule has 136 valence electrons. The number of anilines is 1. The van der Waals surface area contributed by atoms with Crippen LogP contribution in [0.3, 0.4) is 0 Å². The standard InChI is InChI=1S/C16H17N5O4S/c1-21-16(17-19-20-21)11-4-6-12(7-5-11)18-26(22,23)15-10-13(24-2)8-9-14(15)25-3/h4-10,18H,1-3H3. The minimum Gasteiger partial charge on any atom is -0.497 e. The smallest absolute Gasteiger partial charge is 0.265 e. The molecular weight excluding hydrogens is 358 g/mol. The lowest BCUT2D eigenvalue weighted by Crippen LogP contribution is -2.14. The number of nitrogens with one attached hydrogen (secondary N) is 1. The van der Waals surface area contributed by atoms with E-state index in [1.54, 1.807) is 37.4 Å². The molecule has 3 aromatic rings. The van der Waals surface area contributed by atoms with Crippen molar-refractivity contribution < 1.29 is 17.9 Å². The highest BCUT2D eigenvalue weighted by Crippen LogP contribution is 2.30. The topological polar surface area (TPSA) is 108 Å². The third-order valence-corrected chi connectivity index (χ3v) is 5.08. The van der Waals surface area contributed by atoms with Crippen LogP contribution in [0.2, 0.25) is 0 Å². The zero-order chi connectivity index (χ0) is 18.7. The number of aryl methyl sites for hydroxylation is 1. The number of sulfonamides is 1. The van der Waals surface area contributed by atoms with Gasteiger partial charge in [0.2, 0.25) is 0 Å². The molecule has 26 heavy (non-hydrogen) atoms. The average molecular weight is 375 g/mol. The van der Waals surface area contributed by atoms with Crippen LogP contribution < -0.4 is 14.2 Å². The summed E-state index contributed by atoms with van der Waals surface area (Å²) in [4.78, 5) is -0.0130. The van der Waals surface area contributed by atoms with Crippen LogP contribution in [0.1, 0.15) is 0 Å². The molecule has 0 saturated heterocycles. The highest BCUT2D eigenvalue weighted by Gasteiger charge is 2.21. The lowest BCUT2D eigenvalue weighted by molar-refractivity contribution is 0.392. The molecule has 0 spiro atoms. The normalized spacial score (nSPS) is 11.2. The van der Waals surface area contributed by atoms with Crippen molar-refractivity contribution in [2.45, 2.75) is 4.90 Å². The average Bonchev–Trinajstić information content (AvgIpc) is 3.07. The zero-order valence-corrected chi connectivity index (χ0v) is 15.2. The van der Waals surface area contributed by atoms with Gasteiger partial charge in [-0.25, -0.2) is 13.1 Å². The van der Waals surface area contributed by atoms with Crippen LogP contribution in [0.15, 0.2) is 47.4 Å². The van der Waals surface area contributed by atoms with E-state index in [0.717, 1.165) is 5.56 Å². The zero-order valence-electron chi connectivity index (χ0n) is 14.4. The molecule has 3 rings (SSSR count). The van der Waals surface area contributed by atoms with Crippen molar-refractivity contribution in [1.82, 2.24) is 20.2 Å². The number of nitrogens with zero attached hydrogens (tertiary/aromatic N) is 4. The first-order chi connectivity index (χ1) is 12.4. The number of tetrazole rings is 1. The van der Waals surface area contributed by atoms with E-state index in [1.807, 2.05) is 0 Å². The minimum atomic E-state index is -3.86. The van der Waals surface area contributed by atoms with Crippen LogP contribution in [0.4, 0.5) is 5.69 Å². The van der Waals surface area contributed by atoms with Gasteiger partial charge < -0.3 is 9.47 Å². The second kappa shape index (κ2) is 7.00. The molecule has 0 bridgehead atoms. The fraction of sp³-hybridized carbons (Fsp3) is 0.188. The highest BCUT2D eigenvalue weighted by molar-refractivity contribution is 7.92. The van der Waals surface area contributed by atoms with E-state index < -0.39 is 10.0 Å². The van der Waals surface area contributed by atoms with Crippen molar-refractivity contribution in [3.05, 3.63) is 42.5 Å². The van der Waals surface area contributed by atoms with E-state index in [2.05, 4.69) is 20.2 Å². The van der Waals surface area contributed by atoms with Crippen LogP contribution in [0, 0.1) is 0 Å². The Morgan fingerprint density at radius 2 is 1.77 bits per heavy atom. The second-order valence-corrected chi connectivity index (χ2v) is 6.98. The number of hydrogen-bond acceptors (Lipinski definition) is 7. The fourth-order valence-electron chi connectivity index (χ4n) is 2.37. The Labute approximate surface area is 150 Å². The Kier molecular flexibility index (Phi) is 4.76. The molecule has 0 aliphatic rings. The summed E-state index contributed by atoms with van der Waals surface area (Å²) in [5.74, 6) is 1.21. The van der Waals surface area contributed by atoms with Crippen LogP contribution >= 0.6 is 0 Å². The summed E-state index contributed by atoms with van der Waals surface area (Å²) in [7, 11) is 0.730. The lowest BCUT2D eigenvalue weighted by Gasteiger charge is -2.13. The Bertz CT molecular complexity index is 1020. The lowest BCUT2D eigenvalue weighted by atomic mass is 10.2. The Hall–Kier alpha value is -3.14. The van der Waals surface area contributed by atoms with Gasteiger partial charge in [-0.15, -0.1) is 5.10 Å². The minimum absolute atomic E-state index is 0.0130. The number of rotatable bonds is 6. The molecule has 0 aliphatic carbocycles. The summed E-state index contributed by atoms with van der Waals surface area (Å²) in [5.41, 5.74) is 1.16. The van der Waals surface area contributed by atoms with Crippen LogP contribution in [0.5, 0.6) is 11.5 Å². The summed E-state index contributed by atoms with van der Waals surface area (Å²) >= 11 is 0. The summed E-state index contributed by atoms with van der Waals surface area (Å²) in [6, 6.07) is 11.3. The summed E-state index contributed by atoms with van der Waals surface area (Å²) < 4.78 is 39.8. The van der Waals surface area contributed by atoms with Gasteiger partial charge in [0.25, 0.3) is 10.0 Å². The first-order valence-electron chi connectivity index (χ1n) is 7.52. The quantitative estimate of drug-likeness (QED) is 0.698. The fourth-order valence-corrected chi connectivity index (χ4v) is 3.61. The van der Waals surface area contributed by atoms with E-state index in [-0.39, 0.29) is 10.6 Å². The van der Waals surface area contributed by atoms with E-state index in [1.165, 1.54) is 31.0 Å². The maximum absolute atomic E-state index is 12.7. The van der Waals surface area contributed by atoms with E-state index >= 15 is 0 Å². The van der Waals surface area contributed by atoms with Gasteiger partial charge >= 0.3 is 0 Å². The van der Waals surface area contributed by atoms with Crippen molar-refractivity contribution in [2.24, 2.45) is 7.05 Å². The first kappa shape index (κ1) is 17.7. The molecule has 1 N–H and O–H groups in total. The van der Waals surface area contributed by atoms with Crippen molar-refractivity contribution in [3.63, 3.8) is 0 Å². The Balaban J connectivity index is 1.89. The molecule has 0 radical (unpaired) electrons. The molecule has 0 aliphatic heterocycles. The summed E-state index contributed by atoms with van der Waals surface area (Å²) in [6.45, 7) is 0. The maximum atomic E-state index is 12.7. The highest BCUT2D eigenvalue weighted by atomic mass is 32.2. The molecule has 1 heterocycles. The van der Waals surface area contributed by atoms with Gasteiger partial charge in [0.15, 0.2) is 5.82 Å². The van der Waals surface area contributed by atoms with Gasteiger partial charge in [-0.2, -0.15) is 0 Å². The number of methoxy groups -OCH3 is 2. The van der Waals surface area contributed by atoms with Crippen molar-refractivity contribution in [1.29, 1.82) is 0 Å². The third-order valence-electron chi connectivity index (χ3n) is 3.68. The molecule has 0 fully saturated rings. The van der Waals surface area contributed by atoms with Gasteiger partial charge in [0, 0.05) is 24.4 Å². The van der Waals surface area contributed by atoms with Crippen LogP contribution in [-0.2, 0) is 17.1 Å². The molecule has 0 amide bonds. The van der Waals surface area contributed by atoms with E-state index in [9.17, 15) is 8.42 Å². The maximum Gasteiger partial charge on any atom is 0.265 e. The monoisotopic (exact) mass is 375 g/mol. The molecule has 10 heteroatoms. The molecule has 0 saturated carbocycles. The summed E-state index contributed by atoms with van der Waals surface area (Å²) in [5, 5.41) is 11.3. The second-order valence-electron chi connectivity index (χ2n) is 5.33. The van der Waals surface area contributed by atoms with Crippen molar-refractivity contribution in [3.8, 4) is 22.9 Å². The van der Waals surface area contributed by atoms with E-state index in [0.29, 0.717) is 17.3 Å². The van der Waals surface area contributed by atoms with Crippen LogP contribution in [-0.4, -0.2) is 42.8 Å². The molecule has 1 aromatic heterocycles. The number of benzene rings is 2. The third kappa shape index (κ3) is 3.45. The SMILES string of the molecule is COc1ccc(OC)c(S(=O)(=O)Nc2ccc(-c3nnnn3C)cc2)c1. The number of aromatic nitrogens is 4. The van der Waals surface area contributed by atoms with Crippen molar-refractivity contribution >= 4 is 15.7 Å². The first-order valence-corrected chi connectivity index (χ1v) is 9.00. The summed E-state index contributed by atoms with van der Waals surface area (Å²) in [6.07, 6.45) is 0. The van der Waals surface area contributed by atoms with Crippen molar-refractivity contribution in [2.75, 3.05) is 18.9 Å².